The molecule has 1 aromatic carbocycles. The normalized spacial score (nSPS) is 10.7. The number of amidine groups is 1. The lowest BCUT2D eigenvalue weighted by atomic mass is 10.1. The number of fused-ring (bicyclic) bond motifs is 1. The molecule has 5 heteroatoms. The van der Waals surface area contributed by atoms with Crippen molar-refractivity contribution in [2.75, 3.05) is 0 Å². The Balaban J connectivity index is 2.29. The Morgan fingerprint density at radius 2 is 1.94 bits per heavy atom. The third kappa shape index (κ3) is 1.62. The molecule has 3 rings (SSSR count). The van der Waals surface area contributed by atoms with Crippen LogP contribution >= 0.6 is 0 Å². The second-order valence-corrected chi connectivity index (χ2v) is 3.95. The molecule has 0 spiro atoms. The van der Waals surface area contributed by atoms with Gasteiger partial charge in [0.15, 0.2) is 5.65 Å². The molecule has 0 amide bonds. The van der Waals surface area contributed by atoms with E-state index >= 15 is 0 Å². The first-order valence-electron chi connectivity index (χ1n) is 5.49. The summed E-state index contributed by atoms with van der Waals surface area (Å²) in [5.74, 6) is -0.00854. The summed E-state index contributed by atoms with van der Waals surface area (Å²) in [6.45, 7) is 0. The van der Waals surface area contributed by atoms with Crippen molar-refractivity contribution >= 4 is 11.5 Å². The average molecular weight is 237 g/mol. The van der Waals surface area contributed by atoms with Crippen molar-refractivity contribution in [1.82, 2.24) is 14.6 Å². The minimum absolute atomic E-state index is 0.00854. The quantitative estimate of drug-likeness (QED) is 0.525. The Kier molecular flexibility index (Phi) is 2.30. The van der Waals surface area contributed by atoms with Gasteiger partial charge in [-0.3, -0.25) is 5.41 Å². The minimum Gasteiger partial charge on any atom is -0.384 e. The van der Waals surface area contributed by atoms with E-state index in [2.05, 4.69) is 10.1 Å². The van der Waals surface area contributed by atoms with Gasteiger partial charge in [0, 0.05) is 11.8 Å². The Bertz CT molecular complexity index is 715. The van der Waals surface area contributed by atoms with Gasteiger partial charge in [-0.05, 0) is 11.6 Å². The molecule has 88 valence electrons. The van der Waals surface area contributed by atoms with Crippen molar-refractivity contribution in [2.45, 2.75) is 0 Å². The molecule has 0 saturated heterocycles. The van der Waals surface area contributed by atoms with E-state index in [0.29, 0.717) is 11.2 Å². The fourth-order valence-corrected chi connectivity index (χ4v) is 1.91. The maximum Gasteiger partial charge on any atom is 0.166 e. The van der Waals surface area contributed by atoms with Crippen molar-refractivity contribution in [2.24, 2.45) is 5.73 Å². The molecule has 3 N–H and O–H groups in total. The van der Waals surface area contributed by atoms with E-state index in [9.17, 15) is 0 Å². The van der Waals surface area contributed by atoms with Crippen molar-refractivity contribution in [1.29, 1.82) is 5.41 Å². The lowest BCUT2D eigenvalue weighted by Gasteiger charge is -2.06. The standard InChI is InChI=1S/C13H11N5/c14-12(15)11-6-10(9-4-2-1-3-5-9)7-18-13(11)16-8-17-18/h1-8H,(H3,14,15). The molecule has 5 nitrogen and oxygen atoms in total. The summed E-state index contributed by atoms with van der Waals surface area (Å²) in [5.41, 5.74) is 8.79. The first kappa shape index (κ1) is 10.5. The molecule has 0 bridgehead atoms. The summed E-state index contributed by atoms with van der Waals surface area (Å²) in [4.78, 5) is 4.11. The second kappa shape index (κ2) is 3.96. The molecule has 3 aromatic rings. The lowest BCUT2D eigenvalue weighted by Crippen LogP contribution is -2.13. The van der Waals surface area contributed by atoms with Crippen molar-refractivity contribution in [3.05, 3.63) is 54.5 Å². The summed E-state index contributed by atoms with van der Waals surface area (Å²) in [6, 6.07) is 11.8. The number of nitrogens with two attached hydrogens (primary N) is 1. The van der Waals surface area contributed by atoms with Crippen molar-refractivity contribution in [3.63, 3.8) is 0 Å². The monoisotopic (exact) mass is 237 g/mol. The molecule has 0 atom stereocenters. The molecule has 0 aliphatic heterocycles. The summed E-state index contributed by atoms with van der Waals surface area (Å²) >= 11 is 0. The first-order valence-corrected chi connectivity index (χ1v) is 5.49. The van der Waals surface area contributed by atoms with Crippen LogP contribution < -0.4 is 5.73 Å². The number of rotatable bonds is 2. The lowest BCUT2D eigenvalue weighted by molar-refractivity contribution is 0.961. The van der Waals surface area contributed by atoms with E-state index in [1.807, 2.05) is 42.6 Å². The smallest absolute Gasteiger partial charge is 0.166 e. The number of nitrogens with one attached hydrogen (secondary N) is 1. The maximum absolute atomic E-state index is 7.61. The predicted molar refractivity (Wildman–Crippen MR) is 69.4 cm³/mol. The highest BCUT2D eigenvalue weighted by Crippen LogP contribution is 2.21. The van der Waals surface area contributed by atoms with Crippen LogP contribution in [-0.4, -0.2) is 20.4 Å². The van der Waals surface area contributed by atoms with Crippen LogP contribution in [0.2, 0.25) is 0 Å². The van der Waals surface area contributed by atoms with Gasteiger partial charge in [0.05, 0.1) is 5.56 Å². The zero-order chi connectivity index (χ0) is 12.5. The van der Waals surface area contributed by atoms with Crippen molar-refractivity contribution < 1.29 is 0 Å². The van der Waals surface area contributed by atoms with Crippen LogP contribution in [0.5, 0.6) is 0 Å². The summed E-state index contributed by atoms with van der Waals surface area (Å²) in [7, 11) is 0. The van der Waals surface area contributed by atoms with Crippen LogP contribution in [0.15, 0.2) is 48.9 Å². The van der Waals surface area contributed by atoms with Crippen LogP contribution in [0.25, 0.3) is 16.8 Å². The molecule has 0 unspecified atom stereocenters. The largest absolute Gasteiger partial charge is 0.384 e. The fourth-order valence-electron chi connectivity index (χ4n) is 1.91. The van der Waals surface area contributed by atoms with E-state index < -0.39 is 0 Å². The summed E-state index contributed by atoms with van der Waals surface area (Å²) < 4.78 is 1.64. The molecular formula is C13H11N5. The number of hydrogen-bond donors (Lipinski definition) is 2. The SMILES string of the molecule is N=C(N)c1cc(-c2ccccc2)cn2ncnc12. The molecule has 2 aromatic heterocycles. The highest BCUT2D eigenvalue weighted by atomic mass is 15.3. The van der Waals surface area contributed by atoms with Gasteiger partial charge in [0.2, 0.25) is 0 Å². The Hall–Kier alpha value is -2.69. The molecule has 0 saturated carbocycles. The average Bonchev–Trinajstić information content (AvgIpc) is 2.86. The van der Waals surface area contributed by atoms with Crippen LogP contribution in [0.3, 0.4) is 0 Å². The third-order valence-corrected chi connectivity index (χ3v) is 2.77. The molecule has 0 radical (unpaired) electrons. The van der Waals surface area contributed by atoms with Gasteiger partial charge in [0.1, 0.15) is 12.2 Å². The molecule has 0 aliphatic rings. The highest BCUT2D eigenvalue weighted by molar-refractivity contribution is 6.01. The predicted octanol–water partition coefficient (Wildman–Crippen LogP) is 1.68. The molecule has 2 heterocycles. The van der Waals surface area contributed by atoms with Gasteiger partial charge in [-0.25, -0.2) is 9.50 Å². The number of hydrogen-bond acceptors (Lipinski definition) is 3. The zero-order valence-corrected chi connectivity index (χ0v) is 9.54. The van der Waals surface area contributed by atoms with E-state index in [0.717, 1.165) is 11.1 Å². The molecule has 0 fully saturated rings. The Labute approximate surface area is 103 Å². The Morgan fingerprint density at radius 3 is 2.67 bits per heavy atom. The third-order valence-electron chi connectivity index (χ3n) is 2.77. The number of aromatic nitrogens is 3. The van der Waals surface area contributed by atoms with E-state index in [1.165, 1.54) is 6.33 Å². The van der Waals surface area contributed by atoms with Gasteiger partial charge < -0.3 is 5.73 Å². The van der Waals surface area contributed by atoms with E-state index in [4.69, 9.17) is 11.1 Å². The van der Waals surface area contributed by atoms with E-state index in [-0.39, 0.29) is 5.84 Å². The highest BCUT2D eigenvalue weighted by Gasteiger charge is 2.09. The number of nitrogen functional groups attached to an aromatic ring is 1. The van der Waals surface area contributed by atoms with Crippen LogP contribution in [0.4, 0.5) is 0 Å². The second-order valence-electron chi connectivity index (χ2n) is 3.95. The number of pyridine rings is 1. The fraction of sp³-hybridized carbons (Fsp3) is 0. The van der Waals surface area contributed by atoms with Crippen LogP contribution in [0, 0.1) is 5.41 Å². The van der Waals surface area contributed by atoms with Gasteiger partial charge >= 0.3 is 0 Å². The topological polar surface area (TPSA) is 80.1 Å². The molecular weight excluding hydrogens is 226 g/mol. The van der Waals surface area contributed by atoms with Crippen LogP contribution in [0.1, 0.15) is 5.56 Å². The maximum atomic E-state index is 7.61. The van der Waals surface area contributed by atoms with Gasteiger partial charge in [-0.15, -0.1) is 0 Å². The van der Waals surface area contributed by atoms with Crippen molar-refractivity contribution in [3.8, 4) is 11.1 Å². The summed E-state index contributed by atoms with van der Waals surface area (Å²) in [5, 5.41) is 11.7. The molecule has 18 heavy (non-hydrogen) atoms. The van der Waals surface area contributed by atoms with Gasteiger partial charge in [-0.1, -0.05) is 30.3 Å². The number of benzene rings is 1. The van der Waals surface area contributed by atoms with Crippen LogP contribution in [-0.2, 0) is 0 Å². The first-order chi connectivity index (χ1) is 8.75. The van der Waals surface area contributed by atoms with Gasteiger partial charge in [0.25, 0.3) is 0 Å². The van der Waals surface area contributed by atoms with E-state index in [1.54, 1.807) is 4.52 Å². The van der Waals surface area contributed by atoms with Gasteiger partial charge in [-0.2, -0.15) is 5.10 Å². The number of nitrogens with zero attached hydrogens (tertiary/aromatic N) is 3. The molecule has 0 aliphatic carbocycles. The Morgan fingerprint density at radius 1 is 1.17 bits per heavy atom. The summed E-state index contributed by atoms with van der Waals surface area (Å²) in [6.07, 6.45) is 3.33. The minimum atomic E-state index is -0.00854. The zero-order valence-electron chi connectivity index (χ0n) is 9.54.